The van der Waals surface area contributed by atoms with Crippen LogP contribution in [0.2, 0.25) is 0 Å². The van der Waals surface area contributed by atoms with Gasteiger partial charge >= 0.3 is 0 Å². The summed E-state index contributed by atoms with van der Waals surface area (Å²) in [7, 11) is -3.72. The highest BCUT2D eigenvalue weighted by molar-refractivity contribution is 7.89. The number of rotatable bonds is 4. The molecule has 1 heterocycles. The van der Waals surface area contributed by atoms with Crippen LogP contribution in [0.1, 0.15) is 12.5 Å². The average Bonchev–Trinajstić information content (AvgIpc) is 2.68. The third-order valence-electron chi connectivity index (χ3n) is 4.80. The predicted octanol–water partition coefficient (Wildman–Crippen LogP) is 1.53. The van der Waals surface area contributed by atoms with Crippen molar-refractivity contribution in [3.63, 3.8) is 0 Å². The molecule has 0 aromatic heterocycles. The van der Waals surface area contributed by atoms with Gasteiger partial charge in [0.15, 0.2) is 0 Å². The molecule has 1 saturated heterocycles. The minimum Gasteiger partial charge on any atom is -0.338 e. The fourth-order valence-corrected chi connectivity index (χ4v) is 4.55. The second-order valence-electron chi connectivity index (χ2n) is 6.72. The largest absolute Gasteiger partial charge is 0.338 e. The Morgan fingerprint density at radius 2 is 1.56 bits per heavy atom. The fourth-order valence-electron chi connectivity index (χ4n) is 3.12. The maximum Gasteiger partial charge on any atom is 0.247 e. The summed E-state index contributed by atoms with van der Waals surface area (Å²) in [6.45, 7) is 2.48. The number of nitrogens with zero attached hydrogens (tertiary/aromatic N) is 2. The van der Waals surface area contributed by atoms with Crippen LogP contribution in [0.25, 0.3) is 0 Å². The van der Waals surface area contributed by atoms with Gasteiger partial charge in [-0.1, -0.05) is 30.3 Å². The van der Waals surface area contributed by atoms with Gasteiger partial charge in [0.25, 0.3) is 0 Å². The number of hydrogen-bond donors (Lipinski definition) is 1. The quantitative estimate of drug-likeness (QED) is 0.857. The topological polar surface area (TPSA) is 83.7 Å². The van der Waals surface area contributed by atoms with Crippen LogP contribution < -0.4 is 5.73 Å². The molecule has 1 aliphatic rings. The Hall–Kier alpha value is -2.29. The number of nitrogens with two attached hydrogens (primary N) is 1. The molecular weight excluding hydrogens is 369 g/mol. The van der Waals surface area contributed by atoms with E-state index in [1.165, 1.54) is 16.4 Å². The van der Waals surface area contributed by atoms with Crippen LogP contribution in [0.15, 0.2) is 59.5 Å². The van der Waals surface area contributed by atoms with Gasteiger partial charge in [-0.3, -0.25) is 4.79 Å². The molecule has 1 amide bonds. The number of benzene rings is 2. The summed E-state index contributed by atoms with van der Waals surface area (Å²) in [6, 6.07) is 13.8. The Labute approximate surface area is 158 Å². The van der Waals surface area contributed by atoms with E-state index in [9.17, 15) is 17.6 Å². The SMILES string of the molecule is CC(N)(C(=O)N1CCN(S(=O)(=O)c2ccc(F)cc2)CC1)c1ccccc1. The molecule has 1 atom stereocenters. The van der Waals surface area contributed by atoms with Gasteiger partial charge in [0.2, 0.25) is 15.9 Å². The third kappa shape index (κ3) is 3.87. The molecule has 1 aliphatic heterocycles. The van der Waals surface area contributed by atoms with Crippen LogP contribution in [-0.2, 0) is 20.4 Å². The molecule has 0 spiro atoms. The first-order valence-electron chi connectivity index (χ1n) is 8.62. The second-order valence-corrected chi connectivity index (χ2v) is 8.66. The van der Waals surface area contributed by atoms with E-state index in [0.29, 0.717) is 5.56 Å². The monoisotopic (exact) mass is 391 g/mol. The van der Waals surface area contributed by atoms with Gasteiger partial charge in [-0.05, 0) is 36.8 Å². The summed E-state index contributed by atoms with van der Waals surface area (Å²) >= 11 is 0. The van der Waals surface area contributed by atoms with Crippen LogP contribution in [0.5, 0.6) is 0 Å². The zero-order chi connectivity index (χ0) is 19.7. The summed E-state index contributed by atoms with van der Waals surface area (Å²) in [5.41, 5.74) is 5.80. The molecule has 1 fully saturated rings. The van der Waals surface area contributed by atoms with E-state index in [-0.39, 0.29) is 37.0 Å². The van der Waals surface area contributed by atoms with Crippen molar-refractivity contribution in [3.05, 3.63) is 66.0 Å². The standard InChI is InChI=1S/C19H22FN3O3S/c1-19(21,15-5-3-2-4-6-15)18(24)22-11-13-23(14-12-22)27(25,26)17-9-7-16(20)8-10-17/h2-10H,11-14,21H2,1H3. The van der Waals surface area contributed by atoms with E-state index < -0.39 is 21.4 Å². The number of carbonyl (C=O) groups excluding carboxylic acids is 1. The highest BCUT2D eigenvalue weighted by atomic mass is 32.2. The molecule has 8 heteroatoms. The molecule has 6 nitrogen and oxygen atoms in total. The lowest BCUT2D eigenvalue weighted by atomic mass is 9.91. The van der Waals surface area contributed by atoms with Crippen LogP contribution >= 0.6 is 0 Å². The van der Waals surface area contributed by atoms with Gasteiger partial charge in [0.05, 0.1) is 4.90 Å². The highest BCUT2D eigenvalue weighted by Gasteiger charge is 2.37. The third-order valence-corrected chi connectivity index (χ3v) is 6.71. The van der Waals surface area contributed by atoms with E-state index in [2.05, 4.69) is 0 Å². The van der Waals surface area contributed by atoms with Gasteiger partial charge in [0, 0.05) is 26.2 Å². The first-order chi connectivity index (χ1) is 12.7. The van der Waals surface area contributed by atoms with E-state index in [4.69, 9.17) is 5.73 Å². The van der Waals surface area contributed by atoms with E-state index >= 15 is 0 Å². The first kappa shape index (κ1) is 19.5. The lowest BCUT2D eigenvalue weighted by molar-refractivity contribution is -0.138. The van der Waals surface area contributed by atoms with E-state index in [0.717, 1.165) is 12.1 Å². The van der Waals surface area contributed by atoms with Crippen molar-refractivity contribution in [2.75, 3.05) is 26.2 Å². The second kappa shape index (κ2) is 7.38. The normalized spacial score (nSPS) is 18.1. The molecule has 144 valence electrons. The Morgan fingerprint density at radius 1 is 1.00 bits per heavy atom. The van der Waals surface area contributed by atoms with Gasteiger partial charge in [-0.25, -0.2) is 12.8 Å². The van der Waals surface area contributed by atoms with Gasteiger partial charge in [0.1, 0.15) is 11.4 Å². The fraction of sp³-hybridized carbons (Fsp3) is 0.316. The smallest absolute Gasteiger partial charge is 0.247 e. The number of sulfonamides is 1. The van der Waals surface area contributed by atoms with Gasteiger partial charge in [-0.2, -0.15) is 4.31 Å². The van der Waals surface area contributed by atoms with Crippen molar-refractivity contribution in [3.8, 4) is 0 Å². The maximum absolute atomic E-state index is 13.0. The summed E-state index contributed by atoms with van der Waals surface area (Å²) in [5, 5.41) is 0. The Morgan fingerprint density at radius 3 is 2.11 bits per heavy atom. The van der Waals surface area contributed by atoms with Crippen LogP contribution in [0.4, 0.5) is 4.39 Å². The number of hydrogen-bond acceptors (Lipinski definition) is 4. The molecule has 0 saturated carbocycles. The first-order valence-corrected chi connectivity index (χ1v) is 10.1. The minimum absolute atomic E-state index is 0.0385. The molecule has 2 aromatic carbocycles. The van der Waals surface area contributed by atoms with Crippen molar-refractivity contribution >= 4 is 15.9 Å². The molecule has 3 rings (SSSR count). The number of piperazine rings is 1. The summed E-state index contributed by atoms with van der Waals surface area (Å²) in [4.78, 5) is 14.5. The lowest BCUT2D eigenvalue weighted by Crippen LogP contribution is -2.57. The number of amides is 1. The van der Waals surface area contributed by atoms with Gasteiger partial charge < -0.3 is 10.6 Å². The average molecular weight is 391 g/mol. The van der Waals surface area contributed by atoms with E-state index in [1.807, 2.05) is 18.2 Å². The van der Waals surface area contributed by atoms with E-state index in [1.54, 1.807) is 24.0 Å². The Kier molecular flexibility index (Phi) is 5.32. The molecular formula is C19H22FN3O3S. The van der Waals surface area contributed by atoms with Crippen LogP contribution in [0.3, 0.4) is 0 Å². The summed E-state index contributed by atoms with van der Waals surface area (Å²) in [6.07, 6.45) is 0. The molecule has 0 bridgehead atoms. The molecule has 27 heavy (non-hydrogen) atoms. The number of halogens is 1. The summed E-state index contributed by atoms with van der Waals surface area (Å²) < 4.78 is 39.7. The Bertz CT molecular complexity index is 907. The molecule has 0 radical (unpaired) electrons. The molecule has 2 N–H and O–H groups in total. The maximum atomic E-state index is 13.0. The zero-order valence-electron chi connectivity index (χ0n) is 15.0. The molecule has 2 aromatic rings. The number of carbonyl (C=O) groups is 1. The minimum atomic E-state index is -3.72. The lowest BCUT2D eigenvalue weighted by Gasteiger charge is -2.38. The van der Waals surface area contributed by atoms with Crippen molar-refractivity contribution < 1.29 is 17.6 Å². The van der Waals surface area contributed by atoms with Crippen LogP contribution in [-0.4, -0.2) is 49.7 Å². The van der Waals surface area contributed by atoms with Crippen molar-refractivity contribution in [2.24, 2.45) is 5.73 Å². The van der Waals surface area contributed by atoms with Crippen molar-refractivity contribution in [2.45, 2.75) is 17.4 Å². The molecule has 1 unspecified atom stereocenters. The van der Waals surface area contributed by atoms with Crippen molar-refractivity contribution in [1.29, 1.82) is 0 Å². The predicted molar refractivity (Wildman–Crippen MR) is 99.7 cm³/mol. The van der Waals surface area contributed by atoms with Crippen molar-refractivity contribution in [1.82, 2.24) is 9.21 Å². The highest BCUT2D eigenvalue weighted by Crippen LogP contribution is 2.23. The summed E-state index contributed by atoms with van der Waals surface area (Å²) in [5.74, 6) is -0.736. The van der Waals surface area contributed by atoms with Gasteiger partial charge in [-0.15, -0.1) is 0 Å². The Balaban J connectivity index is 1.70. The zero-order valence-corrected chi connectivity index (χ0v) is 15.8. The van der Waals surface area contributed by atoms with Crippen LogP contribution in [0, 0.1) is 5.82 Å². The molecule has 0 aliphatic carbocycles.